The Balaban J connectivity index is 1.80. The van der Waals surface area contributed by atoms with Gasteiger partial charge in [0.25, 0.3) is 0 Å². The van der Waals surface area contributed by atoms with Crippen molar-refractivity contribution < 1.29 is 0 Å². The first-order valence-corrected chi connectivity index (χ1v) is 6.68. The zero-order chi connectivity index (χ0) is 14.1. The third-order valence-electron chi connectivity index (χ3n) is 3.55. The van der Waals surface area contributed by atoms with Crippen molar-refractivity contribution >= 4 is 16.7 Å². The number of fused-ring (bicyclic) bond motifs is 1. The summed E-state index contributed by atoms with van der Waals surface area (Å²) < 4.78 is 0. The van der Waals surface area contributed by atoms with E-state index < -0.39 is 0 Å². The molecule has 1 aromatic carbocycles. The van der Waals surface area contributed by atoms with Gasteiger partial charge in [0, 0.05) is 35.8 Å². The molecule has 0 amide bonds. The smallest absolute Gasteiger partial charge is 0.145 e. The molecular formula is C15H19N5. The molecule has 0 atom stereocenters. The molecule has 2 aromatic heterocycles. The van der Waals surface area contributed by atoms with Crippen LogP contribution in [0.2, 0.25) is 0 Å². The van der Waals surface area contributed by atoms with E-state index in [0.717, 1.165) is 18.8 Å². The van der Waals surface area contributed by atoms with Gasteiger partial charge in [0.2, 0.25) is 0 Å². The maximum atomic E-state index is 5.62. The van der Waals surface area contributed by atoms with Gasteiger partial charge in [-0.25, -0.2) is 0 Å². The molecule has 104 valence electrons. The molecule has 20 heavy (non-hydrogen) atoms. The number of hydrogen-bond acceptors (Lipinski definition) is 3. The SMILES string of the molecule is Cc1[nH]c2ccccc2c1CN(C)Cc1cc(N)n[nH]1. The van der Waals surface area contributed by atoms with Crippen molar-refractivity contribution in [3.05, 3.63) is 47.3 Å². The van der Waals surface area contributed by atoms with Crippen LogP contribution in [0.1, 0.15) is 17.0 Å². The van der Waals surface area contributed by atoms with E-state index in [0.29, 0.717) is 5.82 Å². The molecule has 0 unspecified atom stereocenters. The Kier molecular flexibility index (Phi) is 3.20. The zero-order valence-electron chi connectivity index (χ0n) is 11.8. The summed E-state index contributed by atoms with van der Waals surface area (Å²) in [7, 11) is 2.10. The van der Waals surface area contributed by atoms with E-state index in [4.69, 9.17) is 5.73 Å². The first kappa shape index (κ1) is 12.7. The van der Waals surface area contributed by atoms with Crippen molar-refractivity contribution in [3.8, 4) is 0 Å². The average molecular weight is 269 g/mol. The predicted octanol–water partition coefficient (Wildman–Crippen LogP) is 2.41. The number of nitrogens with two attached hydrogens (primary N) is 1. The second-order valence-electron chi connectivity index (χ2n) is 5.26. The van der Waals surface area contributed by atoms with Crippen molar-refractivity contribution in [1.82, 2.24) is 20.1 Å². The van der Waals surface area contributed by atoms with Crippen LogP contribution in [0, 0.1) is 6.92 Å². The Morgan fingerprint density at radius 2 is 2.05 bits per heavy atom. The Bertz CT molecular complexity index is 725. The van der Waals surface area contributed by atoms with Gasteiger partial charge in [-0.2, -0.15) is 5.10 Å². The highest BCUT2D eigenvalue weighted by molar-refractivity contribution is 5.84. The molecule has 0 fully saturated rings. The molecule has 0 saturated carbocycles. The monoisotopic (exact) mass is 269 g/mol. The largest absolute Gasteiger partial charge is 0.382 e. The molecule has 0 radical (unpaired) electrons. The van der Waals surface area contributed by atoms with E-state index in [1.807, 2.05) is 6.07 Å². The second kappa shape index (κ2) is 5.02. The quantitative estimate of drug-likeness (QED) is 0.681. The fourth-order valence-electron chi connectivity index (χ4n) is 2.62. The molecule has 0 bridgehead atoms. The molecule has 3 rings (SSSR count). The molecule has 0 spiro atoms. The highest BCUT2D eigenvalue weighted by Gasteiger charge is 2.11. The average Bonchev–Trinajstić information content (AvgIpc) is 2.94. The minimum atomic E-state index is 0.539. The van der Waals surface area contributed by atoms with Crippen molar-refractivity contribution in [2.24, 2.45) is 0 Å². The van der Waals surface area contributed by atoms with Crippen LogP contribution in [-0.4, -0.2) is 27.1 Å². The first-order chi connectivity index (χ1) is 9.63. The molecule has 0 aliphatic carbocycles. The van der Waals surface area contributed by atoms with Gasteiger partial charge in [0.15, 0.2) is 0 Å². The molecular weight excluding hydrogens is 250 g/mol. The summed E-state index contributed by atoms with van der Waals surface area (Å²) in [5.74, 6) is 0.539. The molecule has 3 aromatic rings. The van der Waals surface area contributed by atoms with E-state index in [1.165, 1.54) is 22.2 Å². The molecule has 5 heteroatoms. The van der Waals surface area contributed by atoms with Gasteiger partial charge < -0.3 is 10.7 Å². The number of anilines is 1. The molecule has 5 nitrogen and oxygen atoms in total. The maximum Gasteiger partial charge on any atom is 0.145 e. The number of aromatic nitrogens is 3. The van der Waals surface area contributed by atoms with Gasteiger partial charge in [-0.1, -0.05) is 18.2 Å². The number of hydrogen-bond donors (Lipinski definition) is 3. The van der Waals surface area contributed by atoms with Gasteiger partial charge in [-0.05, 0) is 25.6 Å². The van der Waals surface area contributed by atoms with Crippen molar-refractivity contribution in [2.45, 2.75) is 20.0 Å². The third kappa shape index (κ3) is 2.40. The van der Waals surface area contributed by atoms with Crippen LogP contribution < -0.4 is 5.73 Å². The lowest BCUT2D eigenvalue weighted by molar-refractivity contribution is 0.315. The second-order valence-corrected chi connectivity index (χ2v) is 5.26. The third-order valence-corrected chi connectivity index (χ3v) is 3.55. The van der Waals surface area contributed by atoms with E-state index >= 15 is 0 Å². The number of H-pyrrole nitrogens is 2. The summed E-state index contributed by atoms with van der Waals surface area (Å²) in [6, 6.07) is 10.3. The number of rotatable bonds is 4. The van der Waals surface area contributed by atoms with Gasteiger partial charge >= 0.3 is 0 Å². The van der Waals surface area contributed by atoms with E-state index in [-0.39, 0.29) is 0 Å². The van der Waals surface area contributed by atoms with Crippen LogP contribution in [0.15, 0.2) is 30.3 Å². The maximum absolute atomic E-state index is 5.62. The van der Waals surface area contributed by atoms with Crippen molar-refractivity contribution in [3.63, 3.8) is 0 Å². The summed E-state index contributed by atoms with van der Waals surface area (Å²) in [5, 5.41) is 8.19. The lowest BCUT2D eigenvalue weighted by atomic mass is 10.1. The summed E-state index contributed by atoms with van der Waals surface area (Å²) in [5.41, 5.74) is 10.4. The predicted molar refractivity (Wildman–Crippen MR) is 81.2 cm³/mol. The van der Waals surface area contributed by atoms with Gasteiger partial charge in [0.1, 0.15) is 5.82 Å². The fraction of sp³-hybridized carbons (Fsp3) is 0.267. The lowest BCUT2D eigenvalue weighted by Gasteiger charge is -2.15. The molecule has 0 saturated heterocycles. The Morgan fingerprint density at radius 1 is 1.25 bits per heavy atom. The lowest BCUT2D eigenvalue weighted by Crippen LogP contribution is -2.17. The Labute approximate surface area is 117 Å². The number of nitrogens with zero attached hydrogens (tertiary/aromatic N) is 2. The van der Waals surface area contributed by atoms with E-state index in [9.17, 15) is 0 Å². The minimum Gasteiger partial charge on any atom is -0.382 e. The highest BCUT2D eigenvalue weighted by atomic mass is 15.2. The summed E-state index contributed by atoms with van der Waals surface area (Å²) in [6.45, 7) is 3.80. The fourth-order valence-corrected chi connectivity index (χ4v) is 2.62. The van der Waals surface area contributed by atoms with Crippen molar-refractivity contribution in [1.29, 1.82) is 0 Å². The van der Waals surface area contributed by atoms with Crippen LogP contribution >= 0.6 is 0 Å². The highest BCUT2D eigenvalue weighted by Crippen LogP contribution is 2.23. The van der Waals surface area contributed by atoms with E-state index in [1.54, 1.807) is 0 Å². The normalized spacial score (nSPS) is 11.6. The summed E-state index contributed by atoms with van der Waals surface area (Å²) >= 11 is 0. The van der Waals surface area contributed by atoms with Gasteiger partial charge in [-0.3, -0.25) is 10.00 Å². The summed E-state index contributed by atoms with van der Waals surface area (Å²) in [4.78, 5) is 5.68. The van der Waals surface area contributed by atoms with Gasteiger partial charge in [-0.15, -0.1) is 0 Å². The minimum absolute atomic E-state index is 0.539. The van der Waals surface area contributed by atoms with Crippen LogP contribution in [0.25, 0.3) is 10.9 Å². The van der Waals surface area contributed by atoms with E-state index in [2.05, 4.69) is 58.3 Å². The van der Waals surface area contributed by atoms with Crippen molar-refractivity contribution in [2.75, 3.05) is 12.8 Å². The number of benzene rings is 1. The van der Waals surface area contributed by atoms with Crippen LogP contribution in [0.4, 0.5) is 5.82 Å². The molecule has 4 N–H and O–H groups in total. The standard InChI is InChI=1S/C15H19N5/c1-10-13(12-5-3-4-6-14(12)17-10)9-20(2)8-11-7-15(16)19-18-11/h3-7,17H,8-9H2,1-2H3,(H3,16,18,19). The topological polar surface area (TPSA) is 73.7 Å². The number of aryl methyl sites for hydroxylation is 1. The Hall–Kier alpha value is -2.27. The van der Waals surface area contributed by atoms with Gasteiger partial charge in [0.05, 0.1) is 5.69 Å². The summed E-state index contributed by atoms with van der Waals surface area (Å²) in [6.07, 6.45) is 0. The van der Waals surface area contributed by atoms with Crippen LogP contribution in [0.5, 0.6) is 0 Å². The molecule has 0 aliphatic rings. The van der Waals surface area contributed by atoms with Crippen LogP contribution in [0.3, 0.4) is 0 Å². The number of aromatic amines is 2. The zero-order valence-corrected chi connectivity index (χ0v) is 11.8. The number of para-hydroxylation sites is 1. The van der Waals surface area contributed by atoms with Crippen LogP contribution in [-0.2, 0) is 13.1 Å². The number of nitrogen functional groups attached to an aromatic ring is 1. The molecule has 0 aliphatic heterocycles. The first-order valence-electron chi connectivity index (χ1n) is 6.68. The number of nitrogens with one attached hydrogen (secondary N) is 2. The molecule has 2 heterocycles. The Morgan fingerprint density at radius 3 is 2.80 bits per heavy atom.